The summed E-state index contributed by atoms with van der Waals surface area (Å²) in [5, 5.41) is 0. The lowest BCUT2D eigenvalue weighted by Crippen LogP contribution is -2.06. The van der Waals surface area contributed by atoms with Crippen LogP contribution < -0.4 is 0 Å². The van der Waals surface area contributed by atoms with E-state index >= 15 is 0 Å². The first-order valence-corrected chi connectivity index (χ1v) is 13.2. The number of unbranched alkanes of at least 4 members (excludes halogenated alkanes) is 11. The maximum absolute atomic E-state index is 11.9. The normalized spacial score (nSPS) is 11.2. The van der Waals surface area contributed by atoms with Gasteiger partial charge in [0.05, 0.1) is 23.2 Å². The molecule has 0 fully saturated rings. The average molecular weight is 436 g/mol. The first-order chi connectivity index (χ1) is 14.3. The van der Waals surface area contributed by atoms with Gasteiger partial charge in [-0.15, -0.1) is 11.3 Å². The predicted molar refractivity (Wildman–Crippen MR) is 127 cm³/mol. The molecule has 0 aliphatic heterocycles. The fourth-order valence-corrected chi connectivity index (χ4v) is 5.39. The van der Waals surface area contributed by atoms with E-state index in [1.165, 1.54) is 75.3 Å². The Morgan fingerprint density at radius 3 is 2.21 bits per heavy atom. The number of rotatable bonds is 17. The SMILES string of the molecule is CCCCCCCCCCCCCCOC(=O)CCSc1nc2ccccc2s1. The number of nitrogens with zero attached hydrogens (tertiary/aromatic N) is 1. The number of esters is 1. The Hall–Kier alpha value is -1.07. The zero-order chi connectivity index (χ0) is 20.6. The second kappa shape index (κ2) is 15.7. The van der Waals surface area contributed by atoms with Gasteiger partial charge in [-0.1, -0.05) is 101 Å². The van der Waals surface area contributed by atoms with Crippen molar-refractivity contribution in [3.63, 3.8) is 0 Å². The van der Waals surface area contributed by atoms with Crippen molar-refractivity contribution in [2.45, 2.75) is 94.7 Å². The molecule has 1 aromatic carbocycles. The van der Waals surface area contributed by atoms with E-state index in [1.807, 2.05) is 18.2 Å². The molecule has 162 valence electrons. The van der Waals surface area contributed by atoms with Crippen LogP contribution in [-0.2, 0) is 9.53 Å². The minimum atomic E-state index is -0.0818. The second-order valence-corrected chi connectivity index (χ2v) is 10.0. The van der Waals surface area contributed by atoms with Crippen LogP contribution in [0, 0.1) is 0 Å². The van der Waals surface area contributed by atoms with Crippen molar-refractivity contribution in [2.24, 2.45) is 0 Å². The summed E-state index contributed by atoms with van der Waals surface area (Å²) < 4.78 is 7.59. The summed E-state index contributed by atoms with van der Waals surface area (Å²) in [7, 11) is 0. The van der Waals surface area contributed by atoms with E-state index < -0.39 is 0 Å². The topological polar surface area (TPSA) is 39.2 Å². The molecule has 5 heteroatoms. The number of carbonyl (C=O) groups is 1. The van der Waals surface area contributed by atoms with Gasteiger partial charge in [0.15, 0.2) is 4.34 Å². The number of thioether (sulfide) groups is 1. The van der Waals surface area contributed by atoms with Crippen LogP contribution in [0.1, 0.15) is 90.4 Å². The summed E-state index contributed by atoms with van der Waals surface area (Å²) in [6, 6.07) is 8.14. The number of thiazole rings is 1. The zero-order valence-electron chi connectivity index (χ0n) is 18.0. The van der Waals surface area contributed by atoms with Gasteiger partial charge in [0.2, 0.25) is 0 Å². The lowest BCUT2D eigenvalue weighted by Gasteiger charge is -2.05. The van der Waals surface area contributed by atoms with Crippen molar-refractivity contribution < 1.29 is 9.53 Å². The molecule has 2 aromatic rings. The monoisotopic (exact) mass is 435 g/mol. The number of aromatic nitrogens is 1. The van der Waals surface area contributed by atoms with Gasteiger partial charge in [-0.2, -0.15) is 0 Å². The van der Waals surface area contributed by atoms with Crippen molar-refractivity contribution >= 4 is 39.3 Å². The third-order valence-corrected chi connectivity index (χ3v) is 7.25. The van der Waals surface area contributed by atoms with Crippen LogP contribution in [0.3, 0.4) is 0 Å². The van der Waals surface area contributed by atoms with E-state index in [0.29, 0.717) is 13.0 Å². The van der Waals surface area contributed by atoms with Crippen LogP contribution in [0.2, 0.25) is 0 Å². The molecule has 0 spiro atoms. The van der Waals surface area contributed by atoms with E-state index in [4.69, 9.17) is 4.74 Å². The molecule has 0 unspecified atom stereocenters. The van der Waals surface area contributed by atoms with Gasteiger partial charge in [0.1, 0.15) is 0 Å². The summed E-state index contributed by atoms with van der Waals surface area (Å²) in [4.78, 5) is 16.4. The number of para-hydroxylation sites is 1. The van der Waals surface area contributed by atoms with Crippen molar-refractivity contribution in [3.8, 4) is 0 Å². The lowest BCUT2D eigenvalue weighted by molar-refractivity contribution is -0.143. The van der Waals surface area contributed by atoms with E-state index in [0.717, 1.165) is 22.0 Å². The first-order valence-electron chi connectivity index (χ1n) is 11.4. The molecule has 3 nitrogen and oxygen atoms in total. The lowest BCUT2D eigenvalue weighted by atomic mass is 10.1. The number of carbonyl (C=O) groups excluding carboxylic acids is 1. The molecule has 0 bridgehead atoms. The highest BCUT2D eigenvalue weighted by atomic mass is 32.2. The third-order valence-electron chi connectivity index (χ3n) is 5.07. The highest BCUT2D eigenvalue weighted by molar-refractivity contribution is 8.01. The Balaban J connectivity index is 1.37. The van der Waals surface area contributed by atoms with Crippen LogP contribution in [0.4, 0.5) is 0 Å². The van der Waals surface area contributed by atoms with Crippen LogP contribution in [0.5, 0.6) is 0 Å². The predicted octanol–water partition coefficient (Wildman–Crippen LogP) is 8.02. The highest BCUT2D eigenvalue weighted by Crippen LogP contribution is 2.29. The largest absolute Gasteiger partial charge is 0.466 e. The van der Waals surface area contributed by atoms with Crippen LogP contribution in [0.25, 0.3) is 10.2 Å². The molecule has 0 saturated heterocycles. The summed E-state index contributed by atoms with van der Waals surface area (Å²) in [6.45, 7) is 2.84. The summed E-state index contributed by atoms with van der Waals surface area (Å²) in [5.41, 5.74) is 1.04. The molecule has 0 N–H and O–H groups in total. The van der Waals surface area contributed by atoms with Gasteiger partial charge in [0, 0.05) is 5.75 Å². The molecule has 0 atom stereocenters. The quantitative estimate of drug-likeness (QED) is 0.143. The molecule has 0 saturated carbocycles. The fourth-order valence-electron chi connectivity index (χ4n) is 3.34. The molecule has 0 radical (unpaired) electrons. The fraction of sp³-hybridized carbons (Fsp3) is 0.667. The van der Waals surface area contributed by atoms with Crippen molar-refractivity contribution in [1.29, 1.82) is 0 Å². The minimum Gasteiger partial charge on any atom is -0.466 e. The van der Waals surface area contributed by atoms with Gasteiger partial charge < -0.3 is 4.74 Å². The molecule has 1 aromatic heterocycles. The van der Waals surface area contributed by atoms with Gasteiger partial charge >= 0.3 is 5.97 Å². The van der Waals surface area contributed by atoms with Crippen molar-refractivity contribution in [1.82, 2.24) is 4.98 Å². The molecule has 2 rings (SSSR count). The molecule has 0 aliphatic rings. The summed E-state index contributed by atoms with van der Waals surface area (Å²) in [6.07, 6.45) is 16.3. The number of ether oxygens (including phenoxy) is 1. The smallest absolute Gasteiger partial charge is 0.306 e. The average Bonchev–Trinajstić information content (AvgIpc) is 3.14. The first kappa shape index (κ1) is 24.2. The molecule has 0 aliphatic carbocycles. The maximum atomic E-state index is 11.9. The molecule has 1 heterocycles. The van der Waals surface area contributed by atoms with Gasteiger partial charge in [-0.05, 0) is 18.6 Å². The van der Waals surface area contributed by atoms with Gasteiger partial charge in [0.25, 0.3) is 0 Å². The number of fused-ring (bicyclic) bond motifs is 1. The molecular formula is C24H37NO2S2. The Kier molecular flexibility index (Phi) is 13.1. The highest BCUT2D eigenvalue weighted by Gasteiger charge is 2.07. The number of hydrogen-bond donors (Lipinski definition) is 0. The number of benzene rings is 1. The molecular weight excluding hydrogens is 398 g/mol. The summed E-state index contributed by atoms with van der Waals surface area (Å²) >= 11 is 3.33. The van der Waals surface area contributed by atoms with E-state index in [9.17, 15) is 4.79 Å². The van der Waals surface area contributed by atoms with Gasteiger partial charge in [-0.3, -0.25) is 4.79 Å². The molecule has 0 amide bonds. The Morgan fingerprint density at radius 2 is 1.55 bits per heavy atom. The van der Waals surface area contributed by atoms with Crippen molar-refractivity contribution in [2.75, 3.05) is 12.4 Å². The van der Waals surface area contributed by atoms with Crippen molar-refractivity contribution in [3.05, 3.63) is 24.3 Å². The van der Waals surface area contributed by atoms with Crippen LogP contribution >= 0.6 is 23.1 Å². The van der Waals surface area contributed by atoms with E-state index in [1.54, 1.807) is 23.1 Å². The Bertz CT molecular complexity index is 653. The summed E-state index contributed by atoms with van der Waals surface area (Å²) in [5.74, 6) is 0.651. The zero-order valence-corrected chi connectivity index (χ0v) is 19.6. The van der Waals surface area contributed by atoms with Crippen LogP contribution in [0.15, 0.2) is 28.6 Å². The van der Waals surface area contributed by atoms with E-state index in [-0.39, 0.29) is 5.97 Å². The number of hydrogen-bond acceptors (Lipinski definition) is 5. The standard InChI is InChI=1S/C24H37NO2S2/c1-2-3-4-5-6-7-8-9-10-11-12-15-19-27-23(26)18-20-28-24-25-21-16-13-14-17-22(21)29-24/h13-14,16-17H,2-12,15,18-20H2,1H3. The molecule has 29 heavy (non-hydrogen) atoms. The van der Waals surface area contributed by atoms with Gasteiger partial charge in [-0.25, -0.2) is 4.98 Å². The maximum Gasteiger partial charge on any atom is 0.306 e. The minimum absolute atomic E-state index is 0.0818. The second-order valence-electron chi connectivity index (χ2n) is 7.66. The third kappa shape index (κ3) is 11.0. The Morgan fingerprint density at radius 1 is 0.931 bits per heavy atom. The Labute approximate surface area is 185 Å². The van der Waals surface area contributed by atoms with E-state index in [2.05, 4.69) is 18.0 Å². The van der Waals surface area contributed by atoms with Crippen LogP contribution in [-0.4, -0.2) is 23.3 Å².